The molecule has 0 aliphatic heterocycles. The molecule has 1 atom stereocenters. The van der Waals surface area contributed by atoms with Gasteiger partial charge in [0.05, 0.1) is 22.5 Å². The second kappa shape index (κ2) is 5.16. The van der Waals surface area contributed by atoms with Crippen LogP contribution in [0.15, 0.2) is 0 Å². The van der Waals surface area contributed by atoms with E-state index in [0.29, 0.717) is 6.42 Å². The van der Waals surface area contributed by atoms with Crippen molar-refractivity contribution >= 4 is 16.8 Å². The zero-order chi connectivity index (χ0) is 12.3. The van der Waals surface area contributed by atoms with Gasteiger partial charge in [-0.25, -0.2) is 0 Å². The third-order valence-corrected chi connectivity index (χ3v) is 3.02. The predicted octanol–water partition coefficient (Wildman–Crippen LogP) is 2.58. The molecule has 0 radical (unpaired) electrons. The molecule has 0 aliphatic rings. The van der Waals surface area contributed by atoms with Gasteiger partial charge in [0.1, 0.15) is 5.60 Å². The molecule has 5 nitrogen and oxygen atoms in total. The smallest absolute Gasteiger partial charge is 0.309 e. The highest BCUT2D eigenvalue weighted by Gasteiger charge is 2.31. The Morgan fingerprint density at radius 1 is 1.40 bits per heavy atom. The van der Waals surface area contributed by atoms with Crippen LogP contribution in [0, 0.1) is 5.92 Å². The van der Waals surface area contributed by atoms with E-state index in [2.05, 4.69) is 0 Å². The molecule has 0 aromatic rings. The molecule has 0 rings (SSSR count). The van der Waals surface area contributed by atoms with Gasteiger partial charge in [0.15, 0.2) is 0 Å². The molecule has 6 heteroatoms. The van der Waals surface area contributed by atoms with Crippen molar-refractivity contribution in [1.82, 2.24) is 0 Å². The molecule has 0 saturated heterocycles. The Morgan fingerprint density at radius 3 is 2.20 bits per heavy atom. The van der Waals surface area contributed by atoms with Crippen LogP contribution in [0.5, 0.6) is 0 Å². The Morgan fingerprint density at radius 2 is 1.87 bits per heavy atom. The van der Waals surface area contributed by atoms with Crippen LogP contribution < -0.4 is 0 Å². The molecule has 0 heterocycles. The molecule has 0 spiro atoms. The van der Waals surface area contributed by atoms with E-state index in [4.69, 9.17) is 18.4 Å². The lowest BCUT2D eigenvalue weighted by atomic mass is 10.1. The Bertz CT molecular complexity index is 221. The topological polar surface area (TPSA) is 87.0 Å². The molecule has 0 bridgehead atoms. The van der Waals surface area contributed by atoms with E-state index in [1.807, 2.05) is 6.92 Å². The van der Waals surface area contributed by atoms with E-state index in [9.17, 15) is 4.79 Å². The molecule has 0 fully saturated rings. The van der Waals surface area contributed by atoms with Gasteiger partial charge in [-0.1, -0.05) is 13.8 Å². The van der Waals surface area contributed by atoms with Crippen LogP contribution in [0.2, 0.25) is 0 Å². The quantitative estimate of drug-likeness (QED) is 0.643. The van der Waals surface area contributed by atoms with E-state index in [1.54, 1.807) is 6.92 Å². The van der Waals surface area contributed by atoms with E-state index in [0.717, 1.165) is 0 Å². The van der Waals surface area contributed by atoms with Crippen molar-refractivity contribution in [3.8, 4) is 0 Å². The van der Waals surface area contributed by atoms with Gasteiger partial charge in [-0.3, -0.25) is 4.79 Å². The maximum Gasteiger partial charge on any atom is 0.309 e. The summed E-state index contributed by atoms with van der Waals surface area (Å²) in [4.78, 5) is 11.4. The van der Waals surface area contributed by atoms with Crippen LogP contribution in [-0.2, 0) is 9.53 Å². The fourth-order valence-electron chi connectivity index (χ4n) is 1.04. The van der Waals surface area contributed by atoms with Crippen LogP contribution in [0.1, 0.15) is 34.1 Å². The van der Waals surface area contributed by atoms with Gasteiger partial charge in [-0.05, 0) is 20.3 Å². The average molecular weight is 240 g/mol. The van der Waals surface area contributed by atoms with Crippen LogP contribution in [0.25, 0.3) is 0 Å². The molecule has 92 valence electrons. The molecule has 0 aromatic heterocycles. The van der Waals surface area contributed by atoms with Gasteiger partial charge in [0.25, 0.3) is 0 Å². The first-order chi connectivity index (χ1) is 6.57. The van der Waals surface area contributed by atoms with E-state index in [1.165, 1.54) is 13.8 Å². The number of hydrogen-bond donors (Lipinski definition) is 3. The molecular weight excluding hydrogens is 220 g/mol. The third kappa shape index (κ3) is 6.72. The van der Waals surface area contributed by atoms with E-state index in [-0.39, 0.29) is 11.7 Å². The highest BCUT2D eigenvalue weighted by molar-refractivity contribution is 8.19. The summed E-state index contributed by atoms with van der Waals surface area (Å²) in [5.74, 6) is -1.00. The highest BCUT2D eigenvalue weighted by atomic mass is 32.3. The normalized spacial score (nSPS) is 15.9. The maximum absolute atomic E-state index is 11.4. The Kier molecular flexibility index (Phi) is 5.05. The predicted molar refractivity (Wildman–Crippen MR) is 60.0 cm³/mol. The Labute approximate surface area is 92.0 Å². The highest BCUT2D eigenvalue weighted by Crippen LogP contribution is 2.37. The first-order valence-corrected chi connectivity index (χ1v) is 6.46. The van der Waals surface area contributed by atoms with Crippen molar-refractivity contribution < 1.29 is 23.2 Å². The minimum atomic E-state index is -3.64. The molecule has 0 aliphatic carbocycles. The zero-order valence-electron chi connectivity index (χ0n) is 9.56. The first kappa shape index (κ1) is 14.7. The molecule has 0 aromatic carbocycles. The minimum Gasteiger partial charge on any atom is -0.458 e. The van der Waals surface area contributed by atoms with Gasteiger partial charge >= 0.3 is 5.97 Å². The van der Waals surface area contributed by atoms with Crippen LogP contribution in [-0.4, -0.2) is 31.0 Å². The van der Waals surface area contributed by atoms with Gasteiger partial charge in [0, 0.05) is 0 Å². The van der Waals surface area contributed by atoms with Crippen LogP contribution in [0.4, 0.5) is 0 Å². The zero-order valence-corrected chi connectivity index (χ0v) is 10.4. The van der Waals surface area contributed by atoms with Crippen molar-refractivity contribution in [2.24, 2.45) is 5.92 Å². The van der Waals surface area contributed by atoms with Crippen molar-refractivity contribution in [1.29, 1.82) is 0 Å². The monoisotopic (exact) mass is 240 g/mol. The average Bonchev–Trinajstić information content (AvgIpc) is 1.96. The summed E-state index contributed by atoms with van der Waals surface area (Å²) in [7, 11) is -3.64. The molecule has 15 heavy (non-hydrogen) atoms. The number of rotatable bonds is 5. The summed E-state index contributed by atoms with van der Waals surface area (Å²) in [5.41, 5.74) is -1.08. The summed E-state index contributed by atoms with van der Waals surface area (Å²) in [5, 5.41) is 0. The minimum absolute atomic E-state index is 0.232. The van der Waals surface area contributed by atoms with Crippen LogP contribution >= 0.6 is 10.9 Å². The lowest BCUT2D eigenvalue weighted by Crippen LogP contribution is -2.36. The standard InChI is InChI=1S/C9H20O5S/c1-5-7(2)8(10)14-9(3,4)6-15(11,12)13/h7,11-13H,5-6H2,1-4H3. The fourth-order valence-corrected chi connectivity index (χ4v) is 2.03. The second-order valence-electron chi connectivity index (χ2n) is 4.27. The fraction of sp³-hybridized carbons (Fsp3) is 0.889. The number of hydrogen-bond acceptors (Lipinski definition) is 5. The number of carbonyl (C=O) groups excluding carboxylic acids is 1. The third-order valence-electron chi connectivity index (χ3n) is 1.93. The van der Waals surface area contributed by atoms with Gasteiger partial charge in [-0.15, -0.1) is 0 Å². The van der Waals surface area contributed by atoms with Gasteiger partial charge in [-0.2, -0.15) is 0 Å². The second-order valence-corrected chi connectivity index (χ2v) is 5.82. The Hall–Kier alpha value is -0.300. The van der Waals surface area contributed by atoms with E-state index >= 15 is 0 Å². The summed E-state index contributed by atoms with van der Waals surface area (Å²) in [6.45, 7) is 6.64. The largest absolute Gasteiger partial charge is 0.458 e. The van der Waals surface area contributed by atoms with Gasteiger partial charge in [0.2, 0.25) is 0 Å². The summed E-state index contributed by atoms with van der Waals surface area (Å²) in [6, 6.07) is 0. The maximum atomic E-state index is 11.4. The van der Waals surface area contributed by atoms with Crippen LogP contribution in [0.3, 0.4) is 0 Å². The molecule has 1 unspecified atom stereocenters. The lowest BCUT2D eigenvalue weighted by Gasteiger charge is -2.31. The Balaban J connectivity index is 4.32. The van der Waals surface area contributed by atoms with Crippen molar-refractivity contribution in [2.45, 2.75) is 39.7 Å². The summed E-state index contributed by atoms with van der Waals surface area (Å²) < 4.78 is 31.7. The van der Waals surface area contributed by atoms with Crippen molar-refractivity contribution in [3.05, 3.63) is 0 Å². The number of esters is 1. The SMILES string of the molecule is CCC(C)C(=O)OC(C)(C)CS(O)(O)O. The lowest BCUT2D eigenvalue weighted by molar-refractivity contribution is -0.159. The first-order valence-electron chi connectivity index (χ1n) is 4.78. The summed E-state index contributed by atoms with van der Waals surface area (Å²) in [6.07, 6.45) is 0.657. The van der Waals surface area contributed by atoms with Crippen molar-refractivity contribution in [3.63, 3.8) is 0 Å². The number of carbonyl (C=O) groups is 1. The van der Waals surface area contributed by atoms with E-state index < -0.39 is 22.4 Å². The molecule has 0 saturated carbocycles. The number of ether oxygens (including phenoxy) is 1. The molecular formula is C9H20O5S. The molecule has 3 N–H and O–H groups in total. The van der Waals surface area contributed by atoms with Gasteiger partial charge < -0.3 is 18.4 Å². The summed E-state index contributed by atoms with van der Waals surface area (Å²) >= 11 is 0. The van der Waals surface area contributed by atoms with Crippen molar-refractivity contribution in [2.75, 3.05) is 5.75 Å². The molecule has 0 amide bonds.